The number of fused-ring (bicyclic) bond motifs is 2. The molecule has 1 N–H and O–H groups in total. The van der Waals surface area contributed by atoms with Gasteiger partial charge in [0.05, 0.1) is 16.6 Å². The Hall–Kier alpha value is -2.92. The van der Waals surface area contributed by atoms with Crippen molar-refractivity contribution in [2.75, 3.05) is 11.9 Å². The number of thiophene rings is 1. The van der Waals surface area contributed by atoms with Gasteiger partial charge in [-0.05, 0) is 37.1 Å². The predicted octanol–water partition coefficient (Wildman–Crippen LogP) is 4.18. The molecule has 0 fully saturated rings. The number of aromatic nitrogens is 2. The van der Waals surface area contributed by atoms with Crippen LogP contribution >= 0.6 is 22.9 Å². The Balaban J connectivity index is 1.50. The number of carbonyl (C=O) groups excluding carboxylic acids is 2. The topological polar surface area (TPSA) is 90.3 Å². The van der Waals surface area contributed by atoms with Crippen LogP contribution in [0, 0.1) is 6.92 Å². The summed E-state index contributed by atoms with van der Waals surface area (Å²) in [5.74, 6) is -1.16. The van der Waals surface area contributed by atoms with E-state index in [0.29, 0.717) is 40.6 Å². The highest BCUT2D eigenvalue weighted by molar-refractivity contribution is 7.20. The maximum Gasteiger partial charge on any atom is 0.418 e. The van der Waals surface area contributed by atoms with Gasteiger partial charge < -0.3 is 10.1 Å². The summed E-state index contributed by atoms with van der Waals surface area (Å²) < 4.78 is 46.0. The highest BCUT2D eigenvalue weighted by Crippen LogP contribution is 2.36. The number of halogens is 4. The van der Waals surface area contributed by atoms with Crippen LogP contribution in [0.3, 0.4) is 0 Å². The molecule has 0 radical (unpaired) electrons. The van der Waals surface area contributed by atoms with Gasteiger partial charge in [0, 0.05) is 18.0 Å². The van der Waals surface area contributed by atoms with Gasteiger partial charge in [0.2, 0.25) is 0 Å². The van der Waals surface area contributed by atoms with Gasteiger partial charge in [-0.3, -0.25) is 14.2 Å². The number of anilines is 1. The summed E-state index contributed by atoms with van der Waals surface area (Å²) in [6, 6.07) is 2.90. The Kier molecular flexibility index (Phi) is 5.72. The Labute approximate surface area is 187 Å². The minimum atomic E-state index is -4.74. The van der Waals surface area contributed by atoms with Gasteiger partial charge in [0.1, 0.15) is 15.5 Å². The predicted molar refractivity (Wildman–Crippen MR) is 112 cm³/mol. The van der Waals surface area contributed by atoms with E-state index in [-0.39, 0.29) is 15.5 Å². The smallest absolute Gasteiger partial charge is 0.418 e. The lowest BCUT2D eigenvalue weighted by Crippen LogP contribution is -2.23. The van der Waals surface area contributed by atoms with E-state index >= 15 is 0 Å². The molecule has 7 nitrogen and oxygen atoms in total. The van der Waals surface area contributed by atoms with Crippen molar-refractivity contribution >= 4 is 50.7 Å². The van der Waals surface area contributed by atoms with Crippen molar-refractivity contribution < 1.29 is 27.5 Å². The number of amides is 1. The fraction of sp³-hybridized carbons (Fsp3) is 0.300. The van der Waals surface area contributed by atoms with E-state index < -0.39 is 35.9 Å². The monoisotopic (exact) mass is 485 g/mol. The van der Waals surface area contributed by atoms with Crippen LogP contribution in [-0.2, 0) is 28.7 Å². The molecule has 0 saturated heterocycles. The molecule has 168 valence electrons. The minimum absolute atomic E-state index is 0.115. The number of ether oxygens (including phenoxy) is 1. The molecule has 0 aliphatic carbocycles. The van der Waals surface area contributed by atoms with E-state index in [1.807, 2.05) is 0 Å². The first-order valence-electron chi connectivity index (χ1n) is 9.43. The molecule has 1 aliphatic rings. The Morgan fingerprint density at radius 1 is 1.34 bits per heavy atom. The van der Waals surface area contributed by atoms with E-state index in [1.165, 1.54) is 6.07 Å². The Bertz CT molecular complexity index is 1320. The molecule has 4 rings (SSSR count). The molecule has 1 aliphatic heterocycles. The molecule has 1 aromatic carbocycles. The SMILES string of the molecule is Cc1c(C(=O)OCC(=O)Nc2ccc(Cl)cc2C(F)(F)F)sc2nc3n(c(=O)c12)CCC3. The third kappa shape index (κ3) is 4.09. The quantitative estimate of drug-likeness (QED) is 0.560. The highest BCUT2D eigenvalue weighted by Gasteiger charge is 2.34. The fourth-order valence-corrected chi connectivity index (χ4v) is 4.77. The first-order chi connectivity index (χ1) is 15.1. The van der Waals surface area contributed by atoms with Crippen LogP contribution in [0.25, 0.3) is 10.2 Å². The van der Waals surface area contributed by atoms with Crippen molar-refractivity contribution in [3.63, 3.8) is 0 Å². The number of esters is 1. The van der Waals surface area contributed by atoms with E-state index in [4.69, 9.17) is 16.3 Å². The van der Waals surface area contributed by atoms with Gasteiger partial charge in [-0.2, -0.15) is 13.2 Å². The van der Waals surface area contributed by atoms with Crippen LogP contribution in [0.4, 0.5) is 18.9 Å². The van der Waals surface area contributed by atoms with Crippen LogP contribution in [0.5, 0.6) is 0 Å². The molecule has 0 bridgehead atoms. The third-order valence-corrected chi connectivity index (χ3v) is 6.39. The number of aryl methyl sites for hydroxylation is 2. The summed E-state index contributed by atoms with van der Waals surface area (Å²) in [5, 5.41) is 2.26. The normalized spacial score (nSPS) is 13.3. The number of alkyl halides is 3. The van der Waals surface area contributed by atoms with Gasteiger partial charge in [-0.25, -0.2) is 9.78 Å². The largest absolute Gasteiger partial charge is 0.451 e. The average molecular weight is 486 g/mol. The van der Waals surface area contributed by atoms with Crippen LogP contribution in [-0.4, -0.2) is 28.0 Å². The lowest BCUT2D eigenvalue weighted by Gasteiger charge is -2.14. The van der Waals surface area contributed by atoms with Gasteiger partial charge in [0.15, 0.2) is 6.61 Å². The summed E-state index contributed by atoms with van der Waals surface area (Å²) in [4.78, 5) is 42.3. The second-order valence-corrected chi connectivity index (χ2v) is 8.57. The summed E-state index contributed by atoms with van der Waals surface area (Å²) in [5.41, 5.74) is -1.46. The van der Waals surface area contributed by atoms with E-state index in [0.717, 1.165) is 23.8 Å². The number of rotatable bonds is 4. The number of hydrogen-bond acceptors (Lipinski definition) is 6. The standard InChI is InChI=1S/C20H15ClF3N3O4S/c1-9-15-17(26-13-3-2-6-27(13)18(15)29)32-16(9)19(30)31-8-14(28)25-12-5-4-10(21)7-11(12)20(22,23)24/h4-5,7H,2-3,6,8H2,1H3,(H,25,28). The molecule has 0 saturated carbocycles. The summed E-state index contributed by atoms with van der Waals surface area (Å²) in [7, 11) is 0. The van der Waals surface area contributed by atoms with Crippen molar-refractivity contribution in [2.24, 2.45) is 0 Å². The molecule has 32 heavy (non-hydrogen) atoms. The number of nitrogens with one attached hydrogen (secondary N) is 1. The molecular formula is C20H15ClF3N3O4S. The molecule has 0 atom stereocenters. The zero-order valence-electron chi connectivity index (χ0n) is 16.5. The molecule has 12 heteroatoms. The first kappa shape index (κ1) is 22.3. The maximum atomic E-state index is 13.2. The maximum absolute atomic E-state index is 13.2. The van der Waals surface area contributed by atoms with Gasteiger partial charge >= 0.3 is 12.1 Å². The van der Waals surface area contributed by atoms with Crippen LogP contribution in [0.15, 0.2) is 23.0 Å². The lowest BCUT2D eigenvalue weighted by molar-refractivity contribution is -0.137. The molecule has 3 heterocycles. The zero-order valence-corrected chi connectivity index (χ0v) is 18.1. The summed E-state index contributed by atoms with van der Waals surface area (Å²) in [6.07, 6.45) is -3.24. The molecule has 1 amide bonds. The fourth-order valence-electron chi connectivity index (χ4n) is 3.51. The van der Waals surface area contributed by atoms with E-state index in [2.05, 4.69) is 10.3 Å². The number of carbonyl (C=O) groups is 2. The number of nitrogens with zero attached hydrogens (tertiary/aromatic N) is 2. The first-order valence-corrected chi connectivity index (χ1v) is 10.6. The van der Waals surface area contributed by atoms with Gasteiger partial charge in [-0.1, -0.05) is 11.6 Å². The van der Waals surface area contributed by atoms with E-state index in [1.54, 1.807) is 11.5 Å². The van der Waals surface area contributed by atoms with Crippen molar-refractivity contribution in [3.05, 3.63) is 55.4 Å². The summed E-state index contributed by atoms with van der Waals surface area (Å²) in [6.45, 7) is 1.34. The van der Waals surface area contributed by atoms with E-state index in [9.17, 15) is 27.6 Å². The van der Waals surface area contributed by atoms with Crippen molar-refractivity contribution in [1.29, 1.82) is 0 Å². The lowest BCUT2D eigenvalue weighted by atomic mass is 10.1. The minimum Gasteiger partial charge on any atom is -0.451 e. The number of benzene rings is 1. The van der Waals surface area contributed by atoms with Gasteiger partial charge in [0.25, 0.3) is 11.5 Å². The molecule has 0 spiro atoms. The zero-order chi connectivity index (χ0) is 23.2. The third-order valence-electron chi connectivity index (χ3n) is 4.99. The summed E-state index contributed by atoms with van der Waals surface area (Å²) >= 11 is 6.59. The molecule has 2 aromatic heterocycles. The van der Waals surface area contributed by atoms with Crippen molar-refractivity contribution in [1.82, 2.24) is 9.55 Å². The second-order valence-electron chi connectivity index (χ2n) is 7.14. The van der Waals surface area contributed by atoms with Crippen LogP contribution in [0.1, 0.15) is 33.0 Å². The van der Waals surface area contributed by atoms with Crippen LogP contribution < -0.4 is 10.9 Å². The number of hydrogen-bond donors (Lipinski definition) is 1. The highest BCUT2D eigenvalue weighted by atomic mass is 35.5. The molecular weight excluding hydrogens is 471 g/mol. The van der Waals surface area contributed by atoms with Crippen molar-refractivity contribution in [3.8, 4) is 0 Å². The Morgan fingerprint density at radius 3 is 2.81 bits per heavy atom. The van der Waals surface area contributed by atoms with Crippen LogP contribution in [0.2, 0.25) is 5.02 Å². The Morgan fingerprint density at radius 2 is 2.09 bits per heavy atom. The average Bonchev–Trinajstić information content (AvgIpc) is 3.32. The molecule has 3 aromatic rings. The van der Waals surface area contributed by atoms with Crippen molar-refractivity contribution in [2.45, 2.75) is 32.5 Å². The van der Waals surface area contributed by atoms with Gasteiger partial charge in [-0.15, -0.1) is 11.3 Å². The molecule has 0 unspecified atom stereocenters. The second kappa shape index (κ2) is 8.21.